The third-order valence-electron chi connectivity index (χ3n) is 5.00. The number of fused-ring (bicyclic) bond motifs is 1. The number of furan rings is 1. The van der Waals surface area contributed by atoms with Crippen molar-refractivity contribution in [1.82, 2.24) is 5.32 Å². The fourth-order valence-corrected chi connectivity index (χ4v) is 3.50. The fraction of sp³-hybridized carbons (Fsp3) is 0.217. The van der Waals surface area contributed by atoms with Crippen LogP contribution in [0.15, 0.2) is 59.2 Å². The van der Waals surface area contributed by atoms with E-state index in [4.69, 9.17) is 9.15 Å². The third-order valence-corrected chi connectivity index (χ3v) is 5.00. The van der Waals surface area contributed by atoms with Gasteiger partial charge in [0, 0.05) is 43.6 Å². The van der Waals surface area contributed by atoms with E-state index in [1.54, 1.807) is 37.6 Å². The van der Waals surface area contributed by atoms with Gasteiger partial charge < -0.3 is 25.1 Å². The molecule has 2 heterocycles. The maximum atomic E-state index is 12.7. The Bertz CT molecular complexity index is 1040. The zero-order valence-electron chi connectivity index (χ0n) is 16.7. The van der Waals surface area contributed by atoms with E-state index in [2.05, 4.69) is 16.0 Å². The topological polar surface area (TPSA) is 92.6 Å². The zero-order valence-corrected chi connectivity index (χ0v) is 16.7. The normalized spacial score (nSPS) is 12.4. The molecular weight excluding hydrogens is 382 g/mol. The van der Waals surface area contributed by atoms with E-state index in [0.717, 1.165) is 29.8 Å². The lowest BCUT2D eigenvalue weighted by Gasteiger charge is -2.12. The molecule has 0 saturated carbocycles. The molecule has 0 unspecified atom stereocenters. The molecule has 0 aliphatic carbocycles. The minimum absolute atomic E-state index is 0.204. The van der Waals surface area contributed by atoms with Gasteiger partial charge in [-0.2, -0.15) is 0 Å². The first-order valence-corrected chi connectivity index (χ1v) is 9.79. The molecule has 3 aromatic rings. The van der Waals surface area contributed by atoms with Crippen molar-refractivity contribution in [3.63, 3.8) is 0 Å². The van der Waals surface area contributed by atoms with Gasteiger partial charge in [-0.25, -0.2) is 0 Å². The number of methoxy groups -OCH3 is 1. The molecule has 154 valence electrons. The molecule has 0 radical (unpaired) electrons. The predicted octanol–water partition coefficient (Wildman–Crippen LogP) is 3.89. The number of carbonyl (C=O) groups excluding carboxylic acids is 2. The second-order valence-corrected chi connectivity index (χ2v) is 6.98. The molecule has 7 nitrogen and oxygen atoms in total. The van der Waals surface area contributed by atoms with Crippen molar-refractivity contribution >= 4 is 23.2 Å². The van der Waals surface area contributed by atoms with Gasteiger partial charge in [0.05, 0.1) is 17.5 Å². The van der Waals surface area contributed by atoms with Crippen molar-refractivity contribution in [2.75, 3.05) is 30.9 Å². The molecule has 1 aliphatic heterocycles. The average molecular weight is 405 g/mol. The summed E-state index contributed by atoms with van der Waals surface area (Å²) in [6, 6.07) is 14.5. The predicted molar refractivity (Wildman–Crippen MR) is 115 cm³/mol. The maximum Gasteiger partial charge on any atom is 0.255 e. The van der Waals surface area contributed by atoms with E-state index in [0.29, 0.717) is 35.7 Å². The minimum atomic E-state index is -0.270. The van der Waals surface area contributed by atoms with Crippen LogP contribution >= 0.6 is 0 Å². The molecule has 4 rings (SSSR count). The van der Waals surface area contributed by atoms with Crippen LogP contribution in [0.25, 0.3) is 11.3 Å². The highest BCUT2D eigenvalue weighted by molar-refractivity contribution is 6.11. The summed E-state index contributed by atoms with van der Waals surface area (Å²) in [5, 5.41) is 8.98. The van der Waals surface area contributed by atoms with Gasteiger partial charge in [0.25, 0.3) is 11.8 Å². The van der Waals surface area contributed by atoms with Gasteiger partial charge in [0.15, 0.2) is 0 Å². The Morgan fingerprint density at radius 1 is 1.17 bits per heavy atom. The van der Waals surface area contributed by atoms with Gasteiger partial charge in [-0.1, -0.05) is 0 Å². The largest absolute Gasteiger partial charge is 0.464 e. The van der Waals surface area contributed by atoms with Crippen LogP contribution in [0.5, 0.6) is 0 Å². The van der Waals surface area contributed by atoms with Crippen molar-refractivity contribution < 1.29 is 18.7 Å². The van der Waals surface area contributed by atoms with Crippen LogP contribution < -0.4 is 16.0 Å². The molecule has 30 heavy (non-hydrogen) atoms. The summed E-state index contributed by atoms with van der Waals surface area (Å²) < 4.78 is 10.5. The van der Waals surface area contributed by atoms with Crippen LogP contribution in [0, 0.1) is 0 Å². The molecular formula is C23H23N3O4. The minimum Gasteiger partial charge on any atom is -0.464 e. The molecule has 0 fully saturated rings. The lowest BCUT2D eigenvalue weighted by molar-refractivity contribution is 0.0966. The lowest BCUT2D eigenvalue weighted by atomic mass is 9.99. The average Bonchev–Trinajstić information content (AvgIpc) is 3.43. The zero-order chi connectivity index (χ0) is 20.9. The molecule has 0 bridgehead atoms. The van der Waals surface area contributed by atoms with E-state index in [9.17, 15) is 9.59 Å². The SMILES string of the molecule is COCCCNc1ccc(C(=O)Nc2ccc(-c3ccco3)c3c2C(=O)NC3)cc1. The van der Waals surface area contributed by atoms with Crippen LogP contribution in [0.4, 0.5) is 11.4 Å². The molecule has 2 aromatic carbocycles. The number of hydrogen-bond acceptors (Lipinski definition) is 5. The quantitative estimate of drug-likeness (QED) is 0.495. The summed E-state index contributed by atoms with van der Waals surface area (Å²) in [4.78, 5) is 25.2. The summed E-state index contributed by atoms with van der Waals surface area (Å²) in [7, 11) is 1.68. The van der Waals surface area contributed by atoms with Crippen LogP contribution in [-0.4, -0.2) is 32.1 Å². The van der Waals surface area contributed by atoms with E-state index < -0.39 is 0 Å². The highest BCUT2D eigenvalue weighted by atomic mass is 16.5. The second kappa shape index (κ2) is 8.84. The molecule has 0 atom stereocenters. The first-order valence-electron chi connectivity index (χ1n) is 9.79. The summed E-state index contributed by atoms with van der Waals surface area (Å²) in [5.41, 5.74) is 4.08. The van der Waals surface area contributed by atoms with Crippen molar-refractivity contribution in [2.24, 2.45) is 0 Å². The number of amides is 2. The monoisotopic (exact) mass is 405 g/mol. The second-order valence-electron chi connectivity index (χ2n) is 6.98. The highest BCUT2D eigenvalue weighted by Gasteiger charge is 2.27. The Kier molecular flexibility index (Phi) is 5.81. The summed E-state index contributed by atoms with van der Waals surface area (Å²) in [6.45, 7) is 1.89. The number of nitrogens with one attached hydrogen (secondary N) is 3. The highest BCUT2D eigenvalue weighted by Crippen LogP contribution is 2.34. The molecule has 1 aliphatic rings. The summed E-state index contributed by atoms with van der Waals surface area (Å²) >= 11 is 0. The Morgan fingerprint density at radius 3 is 2.73 bits per heavy atom. The van der Waals surface area contributed by atoms with Gasteiger partial charge in [0.1, 0.15) is 5.76 Å². The van der Waals surface area contributed by atoms with Crippen LogP contribution in [0.3, 0.4) is 0 Å². The molecule has 7 heteroatoms. The van der Waals surface area contributed by atoms with E-state index in [1.165, 1.54) is 0 Å². The third kappa shape index (κ3) is 4.06. The molecule has 3 N–H and O–H groups in total. The lowest BCUT2D eigenvalue weighted by Crippen LogP contribution is -2.17. The van der Waals surface area contributed by atoms with Gasteiger partial charge in [-0.15, -0.1) is 0 Å². The Morgan fingerprint density at radius 2 is 2.00 bits per heavy atom. The van der Waals surface area contributed by atoms with Gasteiger partial charge in [-0.3, -0.25) is 9.59 Å². The number of hydrogen-bond donors (Lipinski definition) is 3. The Balaban J connectivity index is 1.50. The van der Waals surface area contributed by atoms with Crippen LogP contribution in [-0.2, 0) is 11.3 Å². The Hall–Kier alpha value is -3.58. The van der Waals surface area contributed by atoms with Crippen LogP contribution in [0.1, 0.15) is 32.7 Å². The number of ether oxygens (including phenoxy) is 1. The maximum absolute atomic E-state index is 12.7. The molecule has 1 aromatic heterocycles. The van der Waals surface area contributed by atoms with Crippen molar-refractivity contribution in [3.05, 3.63) is 71.5 Å². The number of anilines is 2. The first kappa shape index (κ1) is 19.7. The summed E-state index contributed by atoms with van der Waals surface area (Å²) in [6.07, 6.45) is 2.50. The van der Waals surface area contributed by atoms with E-state index in [-0.39, 0.29) is 11.8 Å². The molecule has 2 amide bonds. The van der Waals surface area contributed by atoms with E-state index in [1.807, 2.05) is 24.3 Å². The van der Waals surface area contributed by atoms with Crippen molar-refractivity contribution in [3.8, 4) is 11.3 Å². The van der Waals surface area contributed by atoms with Gasteiger partial charge in [0.2, 0.25) is 0 Å². The van der Waals surface area contributed by atoms with Crippen molar-refractivity contribution in [2.45, 2.75) is 13.0 Å². The summed E-state index contributed by atoms with van der Waals surface area (Å²) in [5.74, 6) is 0.215. The smallest absolute Gasteiger partial charge is 0.255 e. The number of benzene rings is 2. The molecule has 0 saturated heterocycles. The Labute approximate surface area is 174 Å². The molecule has 0 spiro atoms. The number of rotatable bonds is 8. The van der Waals surface area contributed by atoms with E-state index >= 15 is 0 Å². The van der Waals surface area contributed by atoms with Gasteiger partial charge >= 0.3 is 0 Å². The first-order chi connectivity index (χ1) is 14.7. The van der Waals surface area contributed by atoms with Crippen molar-refractivity contribution in [1.29, 1.82) is 0 Å². The standard InChI is InChI=1S/C23H23N3O4/c1-29-12-3-11-24-16-7-5-15(6-8-16)22(27)26-19-10-9-17(20-4-2-13-30-20)18-14-25-23(28)21(18)19/h2,4-10,13,24H,3,11-12,14H2,1H3,(H,25,28)(H,26,27). The fourth-order valence-electron chi connectivity index (χ4n) is 3.50. The van der Waals surface area contributed by atoms with Gasteiger partial charge in [-0.05, 0) is 60.5 Å². The number of carbonyl (C=O) groups is 2. The van der Waals surface area contributed by atoms with Crippen LogP contribution in [0.2, 0.25) is 0 Å².